The first kappa shape index (κ1) is 38.5. The maximum absolute atomic E-state index is 13.6. The minimum atomic E-state index is -0.913. The number of likely N-dealkylation sites (tertiary alicyclic amines) is 1. The summed E-state index contributed by atoms with van der Waals surface area (Å²) in [6.07, 6.45) is 4.74. The molecule has 3 rings (SSSR count). The maximum Gasteiger partial charge on any atom is 0.243 e. The fourth-order valence-electron chi connectivity index (χ4n) is 5.90. The molecule has 3 unspecified atom stereocenters. The summed E-state index contributed by atoms with van der Waals surface area (Å²) in [4.78, 5) is 67.0. The van der Waals surface area contributed by atoms with Gasteiger partial charge in [0.15, 0.2) is 5.78 Å². The number of carbonyl (C=O) groups excluding carboxylic acids is 5. The molecular weight excluding hydrogens is 616 g/mol. The summed E-state index contributed by atoms with van der Waals surface area (Å²) >= 11 is 0. The molecule has 1 heterocycles. The van der Waals surface area contributed by atoms with Gasteiger partial charge in [0.2, 0.25) is 23.6 Å². The third-order valence-corrected chi connectivity index (χ3v) is 8.50. The number of hydrogen-bond acceptors (Lipinski definition) is 8. The van der Waals surface area contributed by atoms with Crippen LogP contribution in [-0.2, 0) is 35.1 Å². The van der Waals surface area contributed by atoms with Gasteiger partial charge >= 0.3 is 0 Å². The lowest BCUT2D eigenvalue weighted by molar-refractivity contribution is -0.368. The Morgan fingerprint density at radius 2 is 1.69 bits per heavy atom. The number of benzene rings is 2. The maximum atomic E-state index is 13.6. The van der Waals surface area contributed by atoms with E-state index in [0.29, 0.717) is 64.6 Å². The highest BCUT2D eigenvalue weighted by Gasteiger charge is 2.36. The van der Waals surface area contributed by atoms with Crippen LogP contribution in [0.2, 0.25) is 0 Å². The van der Waals surface area contributed by atoms with E-state index in [1.54, 1.807) is 4.90 Å². The van der Waals surface area contributed by atoms with Gasteiger partial charge in [0.05, 0.1) is 26.2 Å². The van der Waals surface area contributed by atoms with E-state index in [0.717, 1.165) is 22.8 Å². The summed E-state index contributed by atoms with van der Waals surface area (Å²) in [5, 5.41) is 19.3. The second-order valence-corrected chi connectivity index (χ2v) is 12.2. The van der Waals surface area contributed by atoms with Crippen molar-refractivity contribution in [2.24, 2.45) is 5.73 Å². The van der Waals surface area contributed by atoms with Crippen LogP contribution in [0, 0.1) is 0 Å². The molecule has 13 heteroatoms. The van der Waals surface area contributed by atoms with Gasteiger partial charge in [-0.15, -0.1) is 0 Å². The van der Waals surface area contributed by atoms with Gasteiger partial charge in [-0.25, -0.2) is 0 Å². The molecule has 0 aliphatic carbocycles. The highest BCUT2D eigenvalue weighted by atomic mass is 16.5. The van der Waals surface area contributed by atoms with Gasteiger partial charge in [-0.2, -0.15) is 0 Å². The van der Waals surface area contributed by atoms with E-state index in [2.05, 4.69) is 21.7 Å². The number of aliphatic hydroxyl groups is 1. The van der Waals surface area contributed by atoms with Crippen molar-refractivity contribution in [1.29, 1.82) is 0 Å². The van der Waals surface area contributed by atoms with Crippen molar-refractivity contribution in [1.82, 2.24) is 20.9 Å². The Balaban J connectivity index is 1.64. The molecule has 4 amide bonds. The standard InChI is InChI=1S/C35H52N6O7/c36-17-5-3-13-29(33(45)38-19-22-48-24-27(43)16-21-42)39-34(46)30(14-4-6-18-37)40-35(47)31-15-8-20-41(31)32(44)23-26-11-7-10-25-9-1-2-12-28(25)26/h1-2,7,9-12,29-31,42H,3-6,8,13-24,36-37H2,(H,38,45)(H,39,46)(H,40,47)/p+1. The highest BCUT2D eigenvalue weighted by Crippen LogP contribution is 2.23. The van der Waals surface area contributed by atoms with Crippen LogP contribution in [0.5, 0.6) is 0 Å². The first-order valence-electron chi connectivity index (χ1n) is 17.1. The molecule has 0 aromatic heterocycles. The average molecular weight is 670 g/mol. The lowest BCUT2D eigenvalue weighted by Crippen LogP contribution is -2.56. The van der Waals surface area contributed by atoms with E-state index in [4.69, 9.17) is 15.6 Å². The molecule has 264 valence electrons. The minimum absolute atomic E-state index is 0.00985. The number of nitrogens with one attached hydrogen (secondary N) is 3. The van der Waals surface area contributed by atoms with Crippen molar-refractivity contribution < 1.29 is 39.5 Å². The molecule has 0 bridgehead atoms. The molecule has 0 radical (unpaired) electrons. The number of Topliss-reactive ketones (excluding diaryl/α,β-unsaturated/α-hetero) is 1. The number of unbranched alkanes of at least 4 members (excludes halogenated alkanes) is 2. The highest BCUT2D eigenvalue weighted by molar-refractivity contribution is 5.95. The zero-order valence-corrected chi connectivity index (χ0v) is 27.9. The number of nitrogens with two attached hydrogens (primary N) is 1. The number of hydrogen-bond donors (Lipinski definition) is 6. The predicted octanol–water partition coefficient (Wildman–Crippen LogP) is -0.0316. The van der Waals surface area contributed by atoms with Crippen LogP contribution in [0.3, 0.4) is 0 Å². The molecule has 0 spiro atoms. The number of rotatable bonds is 22. The summed E-state index contributed by atoms with van der Waals surface area (Å²) < 4.78 is 5.26. The SMILES string of the molecule is NCCCCC(NC(=O)C1CCCN1C(=O)Cc1cccc2ccccc12)C(=O)NC(CCCC[NH3+])C(=O)NCCOCC(=O)CCO. The Morgan fingerprint density at radius 3 is 2.44 bits per heavy atom. The van der Waals surface area contributed by atoms with Crippen molar-refractivity contribution in [2.45, 2.75) is 82.3 Å². The fourth-order valence-corrected chi connectivity index (χ4v) is 5.90. The largest absolute Gasteiger partial charge is 0.396 e. The van der Waals surface area contributed by atoms with Crippen LogP contribution >= 0.6 is 0 Å². The lowest BCUT2D eigenvalue weighted by Gasteiger charge is -2.27. The average Bonchev–Trinajstić information content (AvgIpc) is 3.58. The lowest BCUT2D eigenvalue weighted by atomic mass is 10.0. The molecule has 48 heavy (non-hydrogen) atoms. The topological polar surface area (TPSA) is 208 Å². The Kier molecular flexibility index (Phi) is 17.0. The number of fused-ring (bicyclic) bond motifs is 1. The molecule has 2 aromatic rings. The van der Waals surface area contributed by atoms with Crippen LogP contribution in [0.25, 0.3) is 10.8 Å². The summed E-state index contributed by atoms with van der Waals surface area (Å²) in [6, 6.07) is 11.3. The van der Waals surface area contributed by atoms with Crippen molar-refractivity contribution in [3.8, 4) is 0 Å². The quantitative estimate of drug-likeness (QED) is 0.0936. The molecule has 13 nitrogen and oxygen atoms in total. The van der Waals surface area contributed by atoms with Gasteiger partial charge in [0, 0.05) is 19.5 Å². The van der Waals surface area contributed by atoms with Crippen LogP contribution < -0.4 is 27.4 Å². The third kappa shape index (κ3) is 12.3. The van der Waals surface area contributed by atoms with Crippen LogP contribution in [0.1, 0.15) is 63.4 Å². The summed E-state index contributed by atoms with van der Waals surface area (Å²) in [6.45, 7) is 1.41. The molecule has 0 saturated carbocycles. The summed E-state index contributed by atoms with van der Waals surface area (Å²) in [7, 11) is 0. The third-order valence-electron chi connectivity index (χ3n) is 8.50. The van der Waals surface area contributed by atoms with E-state index >= 15 is 0 Å². The van der Waals surface area contributed by atoms with Crippen molar-refractivity contribution in [3.63, 3.8) is 0 Å². The number of aliphatic hydroxyl groups excluding tert-OH is 1. The number of nitrogens with zero attached hydrogens (tertiary/aromatic N) is 1. The first-order chi connectivity index (χ1) is 23.3. The van der Waals surface area contributed by atoms with Crippen molar-refractivity contribution in [3.05, 3.63) is 48.0 Å². The molecular formula is C35H53N6O7+. The van der Waals surface area contributed by atoms with Crippen LogP contribution in [0.4, 0.5) is 0 Å². The van der Waals surface area contributed by atoms with Gasteiger partial charge in [-0.05, 0) is 74.2 Å². The number of ketones is 1. The smallest absolute Gasteiger partial charge is 0.243 e. The van der Waals surface area contributed by atoms with Gasteiger partial charge in [0.1, 0.15) is 24.7 Å². The van der Waals surface area contributed by atoms with E-state index < -0.39 is 35.8 Å². The van der Waals surface area contributed by atoms with E-state index in [1.165, 1.54) is 0 Å². The fraction of sp³-hybridized carbons (Fsp3) is 0.571. The molecule has 1 fully saturated rings. The number of quaternary nitrogens is 1. The zero-order valence-electron chi connectivity index (χ0n) is 27.9. The second-order valence-electron chi connectivity index (χ2n) is 12.2. The minimum Gasteiger partial charge on any atom is -0.396 e. The molecule has 1 aliphatic rings. The van der Waals surface area contributed by atoms with E-state index in [-0.39, 0.29) is 50.9 Å². The molecule has 1 aliphatic heterocycles. The van der Waals surface area contributed by atoms with Gasteiger partial charge in [0.25, 0.3) is 0 Å². The normalized spacial score (nSPS) is 15.6. The van der Waals surface area contributed by atoms with Gasteiger partial charge in [-0.1, -0.05) is 42.5 Å². The van der Waals surface area contributed by atoms with Crippen molar-refractivity contribution >= 4 is 40.2 Å². The molecule has 9 N–H and O–H groups in total. The number of ether oxygens (including phenoxy) is 1. The van der Waals surface area contributed by atoms with Gasteiger partial charge in [-0.3, -0.25) is 24.0 Å². The predicted molar refractivity (Wildman–Crippen MR) is 181 cm³/mol. The van der Waals surface area contributed by atoms with Crippen LogP contribution in [0.15, 0.2) is 42.5 Å². The van der Waals surface area contributed by atoms with Gasteiger partial charge < -0.3 is 42.2 Å². The number of amides is 4. The first-order valence-corrected chi connectivity index (χ1v) is 17.1. The van der Waals surface area contributed by atoms with Crippen LogP contribution in [-0.4, -0.2) is 104 Å². The Labute approximate surface area is 282 Å². The Hall–Kier alpha value is -3.91. The monoisotopic (exact) mass is 669 g/mol. The Bertz CT molecular complexity index is 1350. The molecule has 1 saturated heterocycles. The molecule has 2 aromatic carbocycles. The summed E-state index contributed by atoms with van der Waals surface area (Å²) in [5.41, 5.74) is 10.4. The second kappa shape index (κ2) is 21.1. The van der Waals surface area contributed by atoms with Crippen molar-refractivity contribution in [2.75, 3.05) is 46.0 Å². The summed E-state index contributed by atoms with van der Waals surface area (Å²) in [5.74, 6) is -1.65. The number of carbonyl (C=O) groups is 5. The van der Waals surface area contributed by atoms with E-state index in [1.807, 2.05) is 42.5 Å². The molecule has 3 atom stereocenters. The Morgan fingerprint density at radius 1 is 0.958 bits per heavy atom. The zero-order chi connectivity index (χ0) is 34.7. The van der Waals surface area contributed by atoms with E-state index in [9.17, 15) is 24.0 Å².